The van der Waals surface area contributed by atoms with E-state index in [0.717, 1.165) is 0 Å². The number of non-ortho nitro benzene ring substituents is 1. The number of hydrogen-bond acceptors (Lipinski definition) is 5. The molecule has 0 amide bonds. The van der Waals surface area contributed by atoms with Crippen LogP contribution >= 0.6 is 15.9 Å². The average molecular weight is 319 g/mol. The molecular weight excluding hydrogens is 304 g/mol. The Morgan fingerprint density at radius 1 is 1.44 bits per heavy atom. The van der Waals surface area contributed by atoms with Gasteiger partial charge in [-0.3, -0.25) is 10.1 Å². The van der Waals surface area contributed by atoms with Gasteiger partial charge in [0, 0.05) is 17.7 Å². The topological polar surface area (TPSA) is 110 Å². The third kappa shape index (κ3) is 2.98. The van der Waals surface area contributed by atoms with Gasteiger partial charge < -0.3 is 15.9 Å². The van der Waals surface area contributed by atoms with Gasteiger partial charge in [0.05, 0.1) is 21.5 Å². The van der Waals surface area contributed by atoms with Crippen molar-refractivity contribution in [2.75, 3.05) is 0 Å². The molecule has 7 heteroatoms. The smallest absolute Gasteiger partial charge is 0.271 e. The Bertz CT molecular complexity index is 465. The molecule has 0 heterocycles. The summed E-state index contributed by atoms with van der Waals surface area (Å²) in [6.07, 6.45) is -0.898. The summed E-state index contributed by atoms with van der Waals surface area (Å²) in [7, 11) is 0. The van der Waals surface area contributed by atoms with E-state index in [1.165, 1.54) is 12.1 Å². The molecule has 100 valence electrons. The number of nitro benzene ring substituents is 1. The number of nitrogens with two attached hydrogens (primary N) is 1. The van der Waals surface area contributed by atoms with Crippen molar-refractivity contribution >= 4 is 21.6 Å². The number of hydrogen-bond donors (Lipinski definition) is 3. The summed E-state index contributed by atoms with van der Waals surface area (Å²) in [5, 5.41) is 30.5. The van der Waals surface area contributed by atoms with Gasteiger partial charge in [-0.1, -0.05) is 13.8 Å². The Labute approximate surface area is 113 Å². The maximum Gasteiger partial charge on any atom is 0.271 e. The Morgan fingerprint density at radius 3 is 2.44 bits per heavy atom. The van der Waals surface area contributed by atoms with E-state index in [1.54, 1.807) is 13.8 Å². The van der Waals surface area contributed by atoms with Gasteiger partial charge in [-0.05, 0) is 21.8 Å². The zero-order valence-electron chi connectivity index (χ0n) is 10.0. The second kappa shape index (κ2) is 5.64. The van der Waals surface area contributed by atoms with E-state index in [0.29, 0.717) is 0 Å². The number of phenols is 1. The lowest BCUT2D eigenvalue weighted by Gasteiger charge is -2.23. The Morgan fingerprint density at radius 2 is 2.00 bits per heavy atom. The molecule has 1 aromatic carbocycles. The summed E-state index contributed by atoms with van der Waals surface area (Å²) in [6.45, 7) is 3.54. The lowest BCUT2D eigenvalue weighted by molar-refractivity contribution is -0.385. The Balaban J connectivity index is 3.26. The number of nitro groups is 1. The molecule has 0 aliphatic rings. The molecule has 0 spiro atoms. The van der Waals surface area contributed by atoms with Gasteiger partial charge in [0.25, 0.3) is 5.69 Å². The number of aliphatic hydroxyl groups excluding tert-OH is 1. The highest BCUT2D eigenvalue weighted by molar-refractivity contribution is 9.10. The third-order valence-electron chi connectivity index (χ3n) is 2.70. The maximum atomic E-state index is 10.7. The van der Waals surface area contributed by atoms with Crippen molar-refractivity contribution in [3.8, 4) is 5.75 Å². The van der Waals surface area contributed by atoms with Crippen molar-refractivity contribution < 1.29 is 15.1 Å². The first kappa shape index (κ1) is 14.9. The number of aliphatic hydroxyl groups is 1. The molecule has 4 N–H and O–H groups in total. The zero-order chi connectivity index (χ0) is 14.0. The van der Waals surface area contributed by atoms with E-state index in [4.69, 9.17) is 5.73 Å². The zero-order valence-corrected chi connectivity index (χ0v) is 11.6. The number of rotatable bonds is 4. The number of halogens is 1. The van der Waals surface area contributed by atoms with Gasteiger partial charge in [0.2, 0.25) is 0 Å². The third-order valence-corrected chi connectivity index (χ3v) is 3.30. The molecule has 1 rings (SSSR count). The number of aromatic hydroxyl groups is 1. The molecular formula is C11H15BrN2O4. The fourth-order valence-electron chi connectivity index (χ4n) is 1.56. The van der Waals surface area contributed by atoms with Crippen LogP contribution in [0.25, 0.3) is 0 Å². The fourth-order valence-corrected chi connectivity index (χ4v) is 2.03. The van der Waals surface area contributed by atoms with Crippen molar-refractivity contribution in [2.24, 2.45) is 11.7 Å². The minimum absolute atomic E-state index is 0.127. The predicted octanol–water partition coefficient (Wildman–Crippen LogP) is 2.08. The van der Waals surface area contributed by atoms with Crippen molar-refractivity contribution in [1.82, 2.24) is 0 Å². The minimum atomic E-state index is -0.898. The van der Waals surface area contributed by atoms with Gasteiger partial charge in [0.1, 0.15) is 5.75 Å². The summed E-state index contributed by atoms with van der Waals surface area (Å²) < 4.78 is 0.179. The van der Waals surface area contributed by atoms with Crippen LogP contribution in [0, 0.1) is 16.0 Å². The largest absolute Gasteiger partial charge is 0.506 e. The first-order valence-electron chi connectivity index (χ1n) is 5.36. The normalized spacial score (nSPS) is 14.6. The molecule has 0 saturated carbocycles. The highest BCUT2D eigenvalue weighted by Gasteiger charge is 2.26. The predicted molar refractivity (Wildman–Crippen MR) is 70.2 cm³/mol. The summed E-state index contributed by atoms with van der Waals surface area (Å²) in [6, 6.07) is 1.48. The molecule has 2 atom stereocenters. The van der Waals surface area contributed by atoms with E-state index < -0.39 is 17.1 Å². The van der Waals surface area contributed by atoms with Crippen LogP contribution in [-0.2, 0) is 0 Å². The number of benzene rings is 1. The molecule has 0 saturated heterocycles. The molecule has 0 unspecified atom stereocenters. The first-order chi connectivity index (χ1) is 8.25. The second-order valence-electron chi connectivity index (χ2n) is 4.38. The van der Waals surface area contributed by atoms with E-state index >= 15 is 0 Å². The highest BCUT2D eigenvalue weighted by atomic mass is 79.9. The summed E-state index contributed by atoms with van der Waals surface area (Å²) in [4.78, 5) is 10.2. The first-order valence-corrected chi connectivity index (χ1v) is 6.15. The van der Waals surface area contributed by atoms with Crippen LogP contribution in [0.4, 0.5) is 5.69 Å². The molecule has 0 aliphatic carbocycles. The van der Waals surface area contributed by atoms with E-state index in [9.17, 15) is 20.3 Å². The van der Waals surface area contributed by atoms with Crippen LogP contribution in [0.15, 0.2) is 16.6 Å². The number of nitrogens with zero attached hydrogens (tertiary/aromatic N) is 1. The Kier molecular flexibility index (Phi) is 4.66. The second-order valence-corrected chi connectivity index (χ2v) is 5.24. The van der Waals surface area contributed by atoms with Gasteiger partial charge in [0.15, 0.2) is 0 Å². The molecule has 0 bridgehead atoms. The van der Waals surface area contributed by atoms with E-state index in [-0.39, 0.29) is 27.4 Å². The van der Waals surface area contributed by atoms with Crippen LogP contribution in [-0.4, -0.2) is 21.2 Å². The maximum absolute atomic E-state index is 10.7. The molecule has 1 aromatic rings. The molecule has 0 aliphatic heterocycles. The fraction of sp³-hybridized carbons (Fsp3) is 0.455. The lowest BCUT2D eigenvalue weighted by atomic mass is 9.93. The molecule has 0 radical (unpaired) electrons. The van der Waals surface area contributed by atoms with Crippen molar-refractivity contribution in [2.45, 2.75) is 26.0 Å². The van der Waals surface area contributed by atoms with Crippen LogP contribution in [0.1, 0.15) is 25.5 Å². The number of phenolic OH excluding ortho intramolecular Hbond substituents is 1. The van der Waals surface area contributed by atoms with Crippen molar-refractivity contribution in [1.29, 1.82) is 0 Å². The molecule has 0 aromatic heterocycles. The van der Waals surface area contributed by atoms with Crippen LogP contribution in [0.5, 0.6) is 5.75 Å². The quantitative estimate of drug-likeness (QED) is 0.581. The van der Waals surface area contributed by atoms with Crippen LogP contribution in [0.3, 0.4) is 0 Å². The SMILES string of the molecule is CC(C)[C@@H](O)[C@@H](N)c1cc([N+](=O)[O-])cc(Br)c1O. The van der Waals surface area contributed by atoms with Crippen molar-refractivity contribution in [3.05, 3.63) is 32.3 Å². The Hall–Kier alpha value is -1.18. The van der Waals surface area contributed by atoms with Crippen molar-refractivity contribution in [3.63, 3.8) is 0 Å². The molecule has 6 nitrogen and oxygen atoms in total. The van der Waals surface area contributed by atoms with Gasteiger partial charge in [-0.25, -0.2) is 0 Å². The minimum Gasteiger partial charge on any atom is -0.506 e. The molecule has 18 heavy (non-hydrogen) atoms. The molecule has 0 fully saturated rings. The lowest BCUT2D eigenvalue weighted by Crippen LogP contribution is -2.30. The summed E-state index contributed by atoms with van der Waals surface area (Å²) in [5.74, 6) is -0.315. The van der Waals surface area contributed by atoms with Crippen LogP contribution < -0.4 is 5.73 Å². The van der Waals surface area contributed by atoms with Gasteiger partial charge in [-0.2, -0.15) is 0 Å². The van der Waals surface area contributed by atoms with E-state index in [2.05, 4.69) is 15.9 Å². The van der Waals surface area contributed by atoms with Crippen LogP contribution in [0.2, 0.25) is 0 Å². The van der Waals surface area contributed by atoms with Gasteiger partial charge in [-0.15, -0.1) is 0 Å². The summed E-state index contributed by atoms with van der Waals surface area (Å²) >= 11 is 3.03. The van der Waals surface area contributed by atoms with E-state index in [1.807, 2.05) is 0 Å². The standard InChI is InChI=1S/C11H15BrN2O4/c1-5(2)10(15)9(13)7-3-6(14(17)18)4-8(12)11(7)16/h3-5,9-10,15-16H,13H2,1-2H3/t9-,10+/m0/s1. The highest BCUT2D eigenvalue weighted by Crippen LogP contribution is 2.37. The average Bonchev–Trinajstić information content (AvgIpc) is 2.30. The summed E-state index contributed by atoms with van der Waals surface area (Å²) in [5.41, 5.74) is 5.78. The monoisotopic (exact) mass is 318 g/mol. The van der Waals surface area contributed by atoms with Gasteiger partial charge >= 0.3 is 0 Å².